The van der Waals surface area contributed by atoms with E-state index in [9.17, 15) is 0 Å². The van der Waals surface area contributed by atoms with Crippen LogP contribution in [-0.2, 0) is 0 Å². The average Bonchev–Trinajstić information content (AvgIpc) is 3.33. The van der Waals surface area contributed by atoms with Crippen LogP contribution in [0, 0.1) is 0 Å². The number of aromatic amines is 1. The zero-order valence-corrected chi connectivity index (χ0v) is 15.8. The summed E-state index contributed by atoms with van der Waals surface area (Å²) in [4.78, 5) is 12.2. The van der Waals surface area contributed by atoms with E-state index in [1.165, 1.54) is 5.39 Å². The molecule has 0 amide bonds. The number of aromatic nitrogens is 4. The van der Waals surface area contributed by atoms with Crippen LogP contribution in [0.15, 0.2) is 73.3 Å². The minimum Gasteiger partial charge on any atom is -0.491 e. The van der Waals surface area contributed by atoms with Crippen molar-refractivity contribution in [3.8, 4) is 28.1 Å². The Hall–Kier alpha value is -3.60. The van der Waals surface area contributed by atoms with Gasteiger partial charge in [0.1, 0.15) is 5.75 Å². The number of H-pyrrole nitrogens is 1. The van der Waals surface area contributed by atoms with Crippen LogP contribution in [-0.4, -0.2) is 25.5 Å². The lowest BCUT2D eigenvalue weighted by atomic mass is 10.1. The molecule has 0 saturated heterocycles. The first-order valence-corrected chi connectivity index (χ1v) is 9.35. The molecule has 0 spiro atoms. The van der Waals surface area contributed by atoms with E-state index in [1.807, 2.05) is 49.0 Å². The quantitative estimate of drug-likeness (QED) is 0.466. The van der Waals surface area contributed by atoms with Gasteiger partial charge in [0.05, 0.1) is 18.0 Å². The Bertz CT molecular complexity index is 1270. The van der Waals surface area contributed by atoms with Gasteiger partial charge in [-0.05, 0) is 49.7 Å². The molecule has 0 fully saturated rings. The van der Waals surface area contributed by atoms with Crippen LogP contribution in [0.5, 0.6) is 5.75 Å². The van der Waals surface area contributed by atoms with Gasteiger partial charge in [-0.1, -0.05) is 18.2 Å². The Morgan fingerprint density at radius 2 is 1.68 bits per heavy atom. The maximum atomic E-state index is 5.73. The zero-order valence-electron chi connectivity index (χ0n) is 15.8. The molecule has 138 valence electrons. The predicted molar refractivity (Wildman–Crippen MR) is 111 cm³/mol. The Morgan fingerprint density at radius 3 is 2.50 bits per heavy atom. The number of nitrogens with zero attached hydrogens (tertiary/aromatic N) is 3. The molecule has 0 radical (unpaired) electrons. The highest BCUT2D eigenvalue weighted by Gasteiger charge is 2.10. The molecular weight excluding hydrogens is 348 g/mol. The first-order valence-electron chi connectivity index (χ1n) is 9.35. The highest BCUT2D eigenvalue weighted by molar-refractivity contribution is 5.84. The number of benzene rings is 2. The van der Waals surface area contributed by atoms with Crippen LogP contribution < -0.4 is 4.74 Å². The summed E-state index contributed by atoms with van der Waals surface area (Å²) < 4.78 is 7.78. The molecule has 5 heteroatoms. The monoisotopic (exact) mass is 368 g/mol. The molecule has 0 aliphatic carbocycles. The van der Waals surface area contributed by atoms with Crippen LogP contribution in [0.25, 0.3) is 39.1 Å². The van der Waals surface area contributed by atoms with Crippen molar-refractivity contribution in [2.45, 2.75) is 20.0 Å². The first kappa shape index (κ1) is 16.6. The fourth-order valence-corrected chi connectivity index (χ4v) is 3.45. The van der Waals surface area contributed by atoms with Crippen molar-refractivity contribution in [1.82, 2.24) is 19.4 Å². The van der Waals surface area contributed by atoms with Gasteiger partial charge in [-0.15, -0.1) is 0 Å². The topological polar surface area (TPSA) is 55.2 Å². The molecule has 0 atom stereocenters. The number of fused-ring (bicyclic) bond motifs is 2. The molecule has 5 aromatic rings. The average molecular weight is 368 g/mol. The lowest BCUT2D eigenvalue weighted by Crippen LogP contribution is -2.05. The molecule has 28 heavy (non-hydrogen) atoms. The van der Waals surface area contributed by atoms with E-state index in [-0.39, 0.29) is 6.10 Å². The van der Waals surface area contributed by atoms with E-state index in [2.05, 4.69) is 57.5 Å². The van der Waals surface area contributed by atoms with Gasteiger partial charge in [-0.2, -0.15) is 0 Å². The van der Waals surface area contributed by atoms with Gasteiger partial charge in [0.25, 0.3) is 0 Å². The maximum absolute atomic E-state index is 5.73. The minimum atomic E-state index is 0.162. The van der Waals surface area contributed by atoms with Crippen molar-refractivity contribution in [3.63, 3.8) is 0 Å². The summed E-state index contributed by atoms with van der Waals surface area (Å²) in [6.45, 7) is 4.05. The van der Waals surface area contributed by atoms with Crippen LogP contribution in [0.2, 0.25) is 0 Å². The van der Waals surface area contributed by atoms with E-state index in [1.54, 1.807) is 0 Å². The summed E-state index contributed by atoms with van der Waals surface area (Å²) in [7, 11) is 0. The molecule has 1 N–H and O–H groups in total. The van der Waals surface area contributed by atoms with Gasteiger partial charge in [0.2, 0.25) is 5.78 Å². The molecule has 0 saturated carbocycles. The first-order chi connectivity index (χ1) is 13.7. The molecule has 3 aromatic heterocycles. The summed E-state index contributed by atoms with van der Waals surface area (Å²) in [6.07, 6.45) is 7.94. The second kappa shape index (κ2) is 6.53. The highest BCUT2D eigenvalue weighted by Crippen LogP contribution is 2.27. The highest BCUT2D eigenvalue weighted by atomic mass is 16.5. The number of hydrogen-bond acceptors (Lipinski definition) is 3. The normalized spacial score (nSPS) is 11.5. The van der Waals surface area contributed by atoms with Gasteiger partial charge in [0.15, 0.2) is 0 Å². The molecule has 0 bridgehead atoms. The molecule has 5 rings (SSSR count). The smallest absolute Gasteiger partial charge is 0.234 e. The van der Waals surface area contributed by atoms with E-state index >= 15 is 0 Å². The third-order valence-corrected chi connectivity index (χ3v) is 4.77. The van der Waals surface area contributed by atoms with Gasteiger partial charge in [-0.3, -0.25) is 4.40 Å². The third-order valence-electron chi connectivity index (χ3n) is 4.77. The van der Waals surface area contributed by atoms with Crippen LogP contribution in [0.1, 0.15) is 13.8 Å². The van der Waals surface area contributed by atoms with Crippen molar-refractivity contribution >= 4 is 16.7 Å². The van der Waals surface area contributed by atoms with Crippen molar-refractivity contribution in [2.24, 2.45) is 0 Å². The summed E-state index contributed by atoms with van der Waals surface area (Å²) in [5, 5.41) is 1.18. The van der Waals surface area contributed by atoms with E-state index in [0.717, 1.165) is 33.7 Å². The number of imidazole rings is 1. The second-order valence-corrected chi connectivity index (χ2v) is 7.13. The van der Waals surface area contributed by atoms with Crippen molar-refractivity contribution in [2.75, 3.05) is 0 Å². The molecule has 0 unspecified atom stereocenters. The number of rotatable bonds is 4. The predicted octanol–water partition coefficient (Wildman–Crippen LogP) is 5.33. The second-order valence-electron chi connectivity index (χ2n) is 7.13. The summed E-state index contributed by atoms with van der Waals surface area (Å²) in [5.74, 6) is 1.56. The van der Waals surface area contributed by atoms with Crippen LogP contribution in [0.4, 0.5) is 0 Å². The van der Waals surface area contributed by atoms with E-state index in [4.69, 9.17) is 4.74 Å². The Morgan fingerprint density at radius 1 is 0.893 bits per heavy atom. The number of nitrogens with one attached hydrogen (secondary N) is 1. The molecular formula is C23H20N4O. The third kappa shape index (κ3) is 2.91. The lowest BCUT2D eigenvalue weighted by molar-refractivity contribution is 0.242. The van der Waals surface area contributed by atoms with Gasteiger partial charge >= 0.3 is 0 Å². The number of ether oxygens (including phenoxy) is 1. The fourth-order valence-electron chi connectivity index (χ4n) is 3.45. The van der Waals surface area contributed by atoms with Crippen LogP contribution >= 0.6 is 0 Å². The molecule has 5 nitrogen and oxygen atoms in total. The number of hydrogen-bond donors (Lipinski definition) is 1. The Labute approximate surface area is 162 Å². The van der Waals surface area contributed by atoms with Crippen molar-refractivity contribution in [3.05, 3.63) is 73.3 Å². The van der Waals surface area contributed by atoms with E-state index < -0.39 is 0 Å². The fraction of sp³-hybridized carbons (Fsp3) is 0.130. The lowest BCUT2D eigenvalue weighted by Gasteiger charge is -2.10. The molecule has 2 aromatic carbocycles. The minimum absolute atomic E-state index is 0.162. The van der Waals surface area contributed by atoms with E-state index in [0.29, 0.717) is 5.78 Å². The standard InChI is InChI=1S/C23H20N4O/c1-15(2)28-20-6-3-16(4-7-20)19-12-25-23-26-13-22(27(23)14-19)18-5-8-21-17(11-18)9-10-24-21/h3-15,24H,1-2H3. The molecule has 0 aliphatic heterocycles. The largest absolute Gasteiger partial charge is 0.491 e. The summed E-state index contributed by atoms with van der Waals surface area (Å²) in [5.41, 5.74) is 5.38. The van der Waals surface area contributed by atoms with Gasteiger partial charge in [-0.25, -0.2) is 9.97 Å². The maximum Gasteiger partial charge on any atom is 0.234 e. The van der Waals surface area contributed by atoms with Gasteiger partial charge < -0.3 is 9.72 Å². The summed E-state index contributed by atoms with van der Waals surface area (Å²) >= 11 is 0. The summed E-state index contributed by atoms with van der Waals surface area (Å²) in [6, 6.07) is 16.5. The SMILES string of the molecule is CC(C)Oc1ccc(-c2cnc3ncc(-c4ccc5[nH]ccc5c4)n3c2)cc1. The Balaban J connectivity index is 1.56. The van der Waals surface area contributed by atoms with Crippen molar-refractivity contribution < 1.29 is 4.74 Å². The van der Waals surface area contributed by atoms with Crippen LogP contribution in [0.3, 0.4) is 0 Å². The zero-order chi connectivity index (χ0) is 19.1. The van der Waals surface area contributed by atoms with Gasteiger partial charge in [0, 0.05) is 40.6 Å². The molecule has 3 heterocycles. The Kier molecular flexibility index (Phi) is 3.86. The molecule has 0 aliphatic rings. The van der Waals surface area contributed by atoms with Crippen molar-refractivity contribution in [1.29, 1.82) is 0 Å².